The van der Waals surface area contributed by atoms with Crippen molar-refractivity contribution in [2.45, 2.75) is 32.9 Å². The molecule has 2 heterocycles. The summed E-state index contributed by atoms with van der Waals surface area (Å²) in [6.07, 6.45) is 3.55. The zero-order chi connectivity index (χ0) is 22.9. The van der Waals surface area contributed by atoms with Gasteiger partial charge in [0, 0.05) is 50.6 Å². The molecule has 1 aromatic heterocycles. The molecule has 3 rings (SSSR count). The van der Waals surface area contributed by atoms with Gasteiger partial charge in [-0.05, 0) is 31.9 Å². The van der Waals surface area contributed by atoms with Crippen molar-refractivity contribution in [3.8, 4) is 5.75 Å². The number of aliphatic imine (C=N–C) groups is 1. The molecule has 3 N–H and O–H groups in total. The number of carbonyl (C=O) groups excluding carboxylic acids is 1. The summed E-state index contributed by atoms with van der Waals surface area (Å²) in [5.41, 5.74) is 7.68. The van der Waals surface area contributed by atoms with Crippen LogP contribution < -0.4 is 20.7 Å². The van der Waals surface area contributed by atoms with Gasteiger partial charge in [-0.15, -0.1) is 24.0 Å². The molecule has 33 heavy (non-hydrogen) atoms. The highest BCUT2D eigenvalue weighted by Gasteiger charge is 2.26. The Bertz CT molecular complexity index is 939. The monoisotopic (exact) mass is 566 g/mol. The van der Waals surface area contributed by atoms with Crippen molar-refractivity contribution in [2.24, 2.45) is 16.6 Å². The summed E-state index contributed by atoms with van der Waals surface area (Å²) in [6, 6.07) is 12.0. The third kappa shape index (κ3) is 7.21. The number of nitrogens with one attached hydrogen (secondary N) is 1. The van der Waals surface area contributed by atoms with Gasteiger partial charge in [0.25, 0.3) is 0 Å². The fraction of sp³-hybridized carbons (Fsp3) is 0.458. The zero-order valence-electron chi connectivity index (χ0n) is 19.7. The molecular weight excluding hydrogens is 531 g/mol. The standard InChI is InChI=1S/C24H34N6O2.HI/c1-4-26-24(29(2)16-19-9-5-6-12-21(19)32-3)28-15-18-10-7-13-27-23(18)30-14-8-11-20(17-30)22(25)31;/h5-7,9-10,12-13,20H,4,8,11,14-17H2,1-3H3,(H2,25,31)(H,26,28);1H. The topological polar surface area (TPSA) is 96.1 Å². The molecule has 0 spiro atoms. The van der Waals surface area contributed by atoms with Gasteiger partial charge in [0.1, 0.15) is 11.6 Å². The van der Waals surface area contributed by atoms with Gasteiger partial charge in [-0.2, -0.15) is 0 Å². The molecule has 0 bridgehead atoms. The number of ether oxygens (including phenoxy) is 1. The lowest BCUT2D eigenvalue weighted by Crippen LogP contribution is -2.42. The number of hydrogen-bond donors (Lipinski definition) is 2. The van der Waals surface area contributed by atoms with Crippen LogP contribution in [0.3, 0.4) is 0 Å². The van der Waals surface area contributed by atoms with Crippen LogP contribution in [0.1, 0.15) is 30.9 Å². The fourth-order valence-corrected chi connectivity index (χ4v) is 4.03. The normalized spacial score (nSPS) is 16.0. The molecule has 0 aliphatic carbocycles. The molecule has 1 amide bonds. The number of guanidine groups is 1. The van der Waals surface area contributed by atoms with E-state index in [0.717, 1.165) is 54.6 Å². The van der Waals surface area contributed by atoms with Crippen LogP contribution in [0.4, 0.5) is 5.82 Å². The van der Waals surface area contributed by atoms with Crippen molar-refractivity contribution in [2.75, 3.05) is 38.7 Å². The Morgan fingerprint density at radius 2 is 2.06 bits per heavy atom. The average Bonchev–Trinajstić information content (AvgIpc) is 2.82. The van der Waals surface area contributed by atoms with E-state index in [2.05, 4.69) is 33.1 Å². The van der Waals surface area contributed by atoms with Crippen LogP contribution in [0.5, 0.6) is 5.75 Å². The van der Waals surface area contributed by atoms with Crippen LogP contribution in [-0.4, -0.2) is 55.5 Å². The van der Waals surface area contributed by atoms with Gasteiger partial charge in [0.05, 0.1) is 19.6 Å². The first kappa shape index (κ1) is 26.7. The highest BCUT2D eigenvalue weighted by Crippen LogP contribution is 2.25. The summed E-state index contributed by atoms with van der Waals surface area (Å²) < 4.78 is 5.49. The molecule has 1 saturated heterocycles. The maximum absolute atomic E-state index is 11.7. The molecule has 0 saturated carbocycles. The van der Waals surface area contributed by atoms with Crippen molar-refractivity contribution in [1.82, 2.24) is 15.2 Å². The molecule has 180 valence electrons. The highest BCUT2D eigenvalue weighted by atomic mass is 127. The highest BCUT2D eigenvalue weighted by molar-refractivity contribution is 14.0. The van der Waals surface area contributed by atoms with Crippen LogP contribution >= 0.6 is 24.0 Å². The lowest BCUT2D eigenvalue weighted by Gasteiger charge is -2.33. The largest absolute Gasteiger partial charge is 0.496 e. The number of methoxy groups -OCH3 is 1. The quantitative estimate of drug-likeness (QED) is 0.290. The van der Waals surface area contributed by atoms with Gasteiger partial charge < -0.3 is 25.6 Å². The first-order chi connectivity index (χ1) is 15.5. The van der Waals surface area contributed by atoms with Gasteiger partial charge in [0.2, 0.25) is 5.91 Å². The molecule has 1 aliphatic heterocycles. The van der Waals surface area contributed by atoms with Crippen LogP contribution in [0.15, 0.2) is 47.6 Å². The average molecular weight is 566 g/mol. The molecule has 1 fully saturated rings. The number of nitrogens with two attached hydrogens (primary N) is 1. The Morgan fingerprint density at radius 1 is 1.30 bits per heavy atom. The Hall–Kier alpha value is -2.56. The summed E-state index contributed by atoms with van der Waals surface area (Å²) in [4.78, 5) is 25.4. The minimum atomic E-state index is -0.238. The minimum Gasteiger partial charge on any atom is -0.496 e. The number of anilines is 1. The van der Waals surface area contributed by atoms with E-state index in [0.29, 0.717) is 19.6 Å². The SMILES string of the molecule is CCNC(=NCc1cccnc1N1CCCC(C(N)=O)C1)N(C)Cc1ccccc1OC.I. The van der Waals surface area contributed by atoms with E-state index >= 15 is 0 Å². The van der Waals surface area contributed by atoms with Crippen LogP contribution in [0, 0.1) is 5.92 Å². The van der Waals surface area contributed by atoms with Crippen molar-refractivity contribution in [3.05, 3.63) is 53.7 Å². The van der Waals surface area contributed by atoms with Gasteiger partial charge in [-0.3, -0.25) is 4.79 Å². The van der Waals surface area contributed by atoms with Crippen molar-refractivity contribution in [3.63, 3.8) is 0 Å². The Balaban J connectivity index is 0.00000385. The number of benzene rings is 1. The molecule has 1 unspecified atom stereocenters. The number of pyridine rings is 1. The number of rotatable bonds is 8. The molecule has 8 nitrogen and oxygen atoms in total. The summed E-state index contributed by atoms with van der Waals surface area (Å²) in [7, 11) is 3.70. The molecule has 9 heteroatoms. The van der Waals surface area contributed by atoms with Gasteiger partial charge in [-0.1, -0.05) is 24.3 Å². The molecule has 1 aliphatic rings. The first-order valence-corrected chi connectivity index (χ1v) is 11.1. The minimum absolute atomic E-state index is 0. The summed E-state index contributed by atoms with van der Waals surface area (Å²) in [5.74, 6) is 2.18. The molecular formula is C24H35IN6O2. The summed E-state index contributed by atoms with van der Waals surface area (Å²) >= 11 is 0. The molecule has 2 aromatic rings. The van der Waals surface area contributed by atoms with Gasteiger partial charge in [-0.25, -0.2) is 9.98 Å². The second-order valence-corrected chi connectivity index (χ2v) is 8.01. The smallest absolute Gasteiger partial charge is 0.222 e. The van der Waals surface area contributed by atoms with E-state index in [-0.39, 0.29) is 35.8 Å². The summed E-state index contributed by atoms with van der Waals surface area (Å²) in [5, 5.41) is 3.37. The number of hydrogen-bond acceptors (Lipinski definition) is 5. The van der Waals surface area contributed by atoms with Crippen molar-refractivity contribution < 1.29 is 9.53 Å². The Morgan fingerprint density at radius 3 is 2.79 bits per heavy atom. The Labute approximate surface area is 213 Å². The predicted octanol–water partition coefficient (Wildman–Crippen LogP) is 3.01. The second-order valence-electron chi connectivity index (χ2n) is 8.01. The van der Waals surface area contributed by atoms with Gasteiger partial charge >= 0.3 is 0 Å². The number of carbonyl (C=O) groups is 1. The lowest BCUT2D eigenvalue weighted by atomic mass is 9.97. The maximum Gasteiger partial charge on any atom is 0.222 e. The van der Waals surface area contributed by atoms with Crippen LogP contribution in [0.2, 0.25) is 0 Å². The van der Waals surface area contributed by atoms with Crippen molar-refractivity contribution >= 4 is 41.7 Å². The number of amides is 1. The molecule has 1 aromatic carbocycles. The second kappa shape index (κ2) is 13.2. The van der Waals surface area contributed by atoms with E-state index < -0.39 is 0 Å². The van der Waals surface area contributed by atoms with E-state index in [1.807, 2.05) is 37.4 Å². The maximum atomic E-state index is 11.7. The van der Waals surface area contributed by atoms with E-state index in [9.17, 15) is 4.79 Å². The van der Waals surface area contributed by atoms with E-state index in [1.54, 1.807) is 13.3 Å². The third-order valence-corrected chi connectivity index (χ3v) is 5.69. The van der Waals surface area contributed by atoms with Crippen LogP contribution in [0.25, 0.3) is 0 Å². The number of halogens is 1. The number of aromatic nitrogens is 1. The fourth-order valence-electron chi connectivity index (χ4n) is 4.03. The zero-order valence-corrected chi connectivity index (χ0v) is 22.0. The van der Waals surface area contributed by atoms with Crippen LogP contribution in [-0.2, 0) is 17.9 Å². The number of nitrogens with zero attached hydrogens (tertiary/aromatic N) is 4. The predicted molar refractivity (Wildman–Crippen MR) is 143 cm³/mol. The number of piperidine rings is 1. The lowest BCUT2D eigenvalue weighted by molar-refractivity contribution is -0.122. The molecule has 1 atom stereocenters. The number of para-hydroxylation sites is 1. The third-order valence-electron chi connectivity index (χ3n) is 5.69. The Kier molecular flexibility index (Phi) is 10.7. The first-order valence-electron chi connectivity index (χ1n) is 11.1. The van der Waals surface area contributed by atoms with E-state index in [1.165, 1.54) is 0 Å². The summed E-state index contributed by atoms with van der Waals surface area (Å²) in [6.45, 7) is 5.45. The van der Waals surface area contributed by atoms with E-state index in [4.69, 9.17) is 15.5 Å². The molecule has 0 radical (unpaired) electrons. The van der Waals surface area contributed by atoms with Crippen molar-refractivity contribution in [1.29, 1.82) is 0 Å². The van der Waals surface area contributed by atoms with Gasteiger partial charge in [0.15, 0.2) is 5.96 Å². The number of primary amides is 1.